The van der Waals surface area contributed by atoms with Crippen LogP contribution >= 0.6 is 0 Å². The van der Waals surface area contributed by atoms with Gasteiger partial charge in [0.05, 0.1) is 11.3 Å². The molecule has 1 aliphatic rings. The van der Waals surface area contributed by atoms with E-state index in [1.54, 1.807) is 0 Å². The summed E-state index contributed by atoms with van der Waals surface area (Å²) < 4.78 is 0. The molecule has 1 aliphatic carbocycles. The summed E-state index contributed by atoms with van der Waals surface area (Å²) in [5, 5.41) is 7.27. The molecule has 0 amide bonds. The van der Waals surface area contributed by atoms with Gasteiger partial charge in [0.15, 0.2) is 5.78 Å². The summed E-state index contributed by atoms with van der Waals surface area (Å²) in [5.74, 6) is 0.255. The maximum atomic E-state index is 11.8. The molecule has 0 atom stereocenters. The maximum Gasteiger partial charge on any atom is 0.166 e. The molecule has 0 fully saturated rings. The molecule has 14 heavy (non-hydrogen) atoms. The summed E-state index contributed by atoms with van der Waals surface area (Å²) in [4.78, 5) is 11.8. The Kier molecular flexibility index (Phi) is 1.98. The summed E-state index contributed by atoms with van der Waals surface area (Å²) in [6, 6.07) is 0. The van der Waals surface area contributed by atoms with Crippen LogP contribution in [0.1, 0.15) is 55.4 Å². The summed E-state index contributed by atoms with van der Waals surface area (Å²) in [6.07, 6.45) is 2.59. The zero-order valence-electron chi connectivity index (χ0n) is 8.98. The second-order valence-electron chi connectivity index (χ2n) is 4.95. The van der Waals surface area contributed by atoms with Gasteiger partial charge in [0.25, 0.3) is 0 Å². The van der Waals surface area contributed by atoms with E-state index < -0.39 is 0 Å². The SMILES string of the molecule is CC(C)(C)c1n[nH]c2c1C(=O)CCC2. The lowest BCUT2D eigenvalue weighted by Crippen LogP contribution is -2.19. The van der Waals surface area contributed by atoms with Crippen LogP contribution in [-0.4, -0.2) is 16.0 Å². The third-order valence-corrected chi connectivity index (χ3v) is 2.66. The first-order chi connectivity index (χ1) is 6.50. The molecule has 3 nitrogen and oxygen atoms in total. The molecular formula is C11H16N2O. The Morgan fingerprint density at radius 1 is 1.29 bits per heavy atom. The van der Waals surface area contributed by atoms with Gasteiger partial charge in [-0.15, -0.1) is 0 Å². The predicted octanol–water partition coefficient (Wildman–Crippen LogP) is 2.23. The number of Topliss-reactive ketones (excluding diaryl/α,β-unsaturated/α-hetero) is 1. The van der Waals surface area contributed by atoms with Crippen molar-refractivity contribution in [2.75, 3.05) is 0 Å². The quantitative estimate of drug-likeness (QED) is 0.685. The monoisotopic (exact) mass is 192 g/mol. The van der Waals surface area contributed by atoms with Crippen LogP contribution in [0, 0.1) is 0 Å². The predicted molar refractivity (Wildman–Crippen MR) is 54.6 cm³/mol. The minimum atomic E-state index is -0.0446. The van der Waals surface area contributed by atoms with Crippen LogP contribution in [0.5, 0.6) is 0 Å². The van der Waals surface area contributed by atoms with E-state index in [0.717, 1.165) is 29.8 Å². The largest absolute Gasteiger partial charge is 0.294 e. The number of fused-ring (bicyclic) bond motifs is 1. The molecule has 0 aromatic carbocycles. The number of aromatic amines is 1. The molecule has 0 radical (unpaired) electrons. The fraction of sp³-hybridized carbons (Fsp3) is 0.636. The maximum absolute atomic E-state index is 11.8. The Bertz CT molecular complexity index is 371. The zero-order valence-corrected chi connectivity index (χ0v) is 8.98. The lowest BCUT2D eigenvalue weighted by atomic mass is 9.84. The number of hydrogen-bond donors (Lipinski definition) is 1. The average Bonchev–Trinajstić information content (AvgIpc) is 2.47. The van der Waals surface area contributed by atoms with Crippen molar-refractivity contribution in [3.63, 3.8) is 0 Å². The summed E-state index contributed by atoms with van der Waals surface area (Å²) in [6.45, 7) is 6.27. The molecule has 0 saturated heterocycles. The number of ketones is 1. The summed E-state index contributed by atoms with van der Waals surface area (Å²) >= 11 is 0. The van der Waals surface area contributed by atoms with Gasteiger partial charge < -0.3 is 0 Å². The number of carbonyl (C=O) groups excluding carboxylic acids is 1. The number of nitrogens with one attached hydrogen (secondary N) is 1. The molecule has 0 spiro atoms. The molecule has 0 aliphatic heterocycles. The van der Waals surface area contributed by atoms with Crippen molar-refractivity contribution in [3.05, 3.63) is 17.0 Å². The molecule has 1 N–H and O–H groups in total. The van der Waals surface area contributed by atoms with E-state index in [4.69, 9.17) is 0 Å². The minimum absolute atomic E-state index is 0.0446. The van der Waals surface area contributed by atoms with Crippen LogP contribution in [0.3, 0.4) is 0 Å². The van der Waals surface area contributed by atoms with Gasteiger partial charge in [-0.05, 0) is 12.8 Å². The van der Waals surface area contributed by atoms with E-state index >= 15 is 0 Å². The van der Waals surface area contributed by atoms with Gasteiger partial charge in [-0.3, -0.25) is 9.89 Å². The van der Waals surface area contributed by atoms with Gasteiger partial charge in [-0.2, -0.15) is 5.10 Å². The molecule has 0 bridgehead atoms. The van der Waals surface area contributed by atoms with Crippen LogP contribution < -0.4 is 0 Å². The Labute approximate surface area is 83.9 Å². The molecule has 0 saturated carbocycles. The number of H-pyrrole nitrogens is 1. The van der Waals surface area contributed by atoms with Gasteiger partial charge in [0.2, 0.25) is 0 Å². The molecule has 76 valence electrons. The van der Waals surface area contributed by atoms with Gasteiger partial charge >= 0.3 is 0 Å². The zero-order chi connectivity index (χ0) is 10.3. The number of aryl methyl sites for hydroxylation is 1. The smallest absolute Gasteiger partial charge is 0.166 e. The van der Waals surface area contributed by atoms with Crippen LogP contribution in [0.2, 0.25) is 0 Å². The minimum Gasteiger partial charge on any atom is -0.294 e. The molecule has 1 heterocycles. The standard InChI is InChI=1S/C11H16N2O/c1-11(2,3)10-9-7(12-13-10)5-4-6-8(9)14/h4-6H2,1-3H3,(H,12,13). The Balaban J connectivity index is 2.54. The highest BCUT2D eigenvalue weighted by atomic mass is 16.1. The van der Waals surface area contributed by atoms with Gasteiger partial charge in [-0.25, -0.2) is 0 Å². The van der Waals surface area contributed by atoms with E-state index in [0.29, 0.717) is 6.42 Å². The second kappa shape index (κ2) is 2.94. The molecule has 0 unspecified atom stereocenters. The van der Waals surface area contributed by atoms with Crippen LogP contribution in [-0.2, 0) is 11.8 Å². The number of rotatable bonds is 0. The van der Waals surface area contributed by atoms with Gasteiger partial charge in [-0.1, -0.05) is 20.8 Å². The van der Waals surface area contributed by atoms with Crippen LogP contribution in [0.25, 0.3) is 0 Å². The second-order valence-corrected chi connectivity index (χ2v) is 4.95. The van der Waals surface area contributed by atoms with E-state index in [2.05, 4.69) is 31.0 Å². The van der Waals surface area contributed by atoms with E-state index in [-0.39, 0.29) is 11.2 Å². The Hall–Kier alpha value is -1.12. The molecule has 1 aromatic heterocycles. The first-order valence-corrected chi connectivity index (χ1v) is 5.11. The molecular weight excluding hydrogens is 176 g/mol. The van der Waals surface area contributed by atoms with Crippen molar-refractivity contribution in [2.45, 2.75) is 45.4 Å². The van der Waals surface area contributed by atoms with Crippen molar-refractivity contribution < 1.29 is 4.79 Å². The molecule has 3 heteroatoms. The highest BCUT2D eigenvalue weighted by Gasteiger charge is 2.29. The average molecular weight is 192 g/mol. The van der Waals surface area contributed by atoms with E-state index in [1.807, 2.05) is 0 Å². The topological polar surface area (TPSA) is 45.8 Å². The van der Waals surface area contributed by atoms with Crippen molar-refractivity contribution in [1.29, 1.82) is 0 Å². The normalized spacial score (nSPS) is 16.9. The Morgan fingerprint density at radius 3 is 2.64 bits per heavy atom. The van der Waals surface area contributed by atoms with Crippen LogP contribution in [0.4, 0.5) is 0 Å². The van der Waals surface area contributed by atoms with Crippen molar-refractivity contribution in [1.82, 2.24) is 10.2 Å². The third kappa shape index (κ3) is 1.37. The van der Waals surface area contributed by atoms with E-state index in [1.165, 1.54) is 0 Å². The summed E-state index contributed by atoms with van der Waals surface area (Å²) in [5.41, 5.74) is 2.78. The van der Waals surface area contributed by atoms with Crippen molar-refractivity contribution in [3.8, 4) is 0 Å². The van der Waals surface area contributed by atoms with Crippen LogP contribution in [0.15, 0.2) is 0 Å². The lowest BCUT2D eigenvalue weighted by molar-refractivity contribution is 0.0970. The first-order valence-electron chi connectivity index (χ1n) is 5.11. The van der Waals surface area contributed by atoms with Crippen molar-refractivity contribution >= 4 is 5.78 Å². The Morgan fingerprint density at radius 2 is 2.00 bits per heavy atom. The number of carbonyl (C=O) groups is 1. The number of hydrogen-bond acceptors (Lipinski definition) is 2. The first kappa shape index (κ1) is 9.44. The summed E-state index contributed by atoms with van der Waals surface area (Å²) in [7, 11) is 0. The van der Waals surface area contributed by atoms with Gasteiger partial charge in [0, 0.05) is 17.5 Å². The molecule has 2 rings (SSSR count). The third-order valence-electron chi connectivity index (χ3n) is 2.66. The van der Waals surface area contributed by atoms with Crippen molar-refractivity contribution in [2.24, 2.45) is 0 Å². The highest BCUT2D eigenvalue weighted by molar-refractivity contribution is 5.99. The fourth-order valence-electron chi connectivity index (χ4n) is 1.95. The lowest BCUT2D eigenvalue weighted by Gasteiger charge is -2.18. The number of aromatic nitrogens is 2. The van der Waals surface area contributed by atoms with Gasteiger partial charge in [0.1, 0.15) is 0 Å². The van der Waals surface area contributed by atoms with E-state index in [9.17, 15) is 4.79 Å². The fourth-order valence-corrected chi connectivity index (χ4v) is 1.95. The molecule has 1 aromatic rings. The number of nitrogens with zero attached hydrogens (tertiary/aromatic N) is 1. The highest BCUT2D eigenvalue weighted by Crippen LogP contribution is 2.30.